The molecule has 0 N–H and O–H groups in total. The van der Waals surface area contributed by atoms with Crippen molar-refractivity contribution in [2.45, 2.75) is 44.9 Å². The minimum Gasteiger partial charge on any atom is -0.549 e. The average Bonchev–Trinajstić information content (AvgIpc) is 3.13. The summed E-state index contributed by atoms with van der Waals surface area (Å²) in [7, 11) is 0. The van der Waals surface area contributed by atoms with Gasteiger partial charge in [-0.1, -0.05) is 49.0 Å². The molecule has 2 aliphatic rings. The number of carboxylic acid groups (broad SMARTS) is 2. The van der Waals surface area contributed by atoms with Gasteiger partial charge in [-0.3, -0.25) is 4.79 Å². The van der Waals surface area contributed by atoms with Gasteiger partial charge in [0.2, 0.25) is 0 Å². The van der Waals surface area contributed by atoms with E-state index in [1.807, 2.05) is 6.92 Å². The van der Waals surface area contributed by atoms with Crippen molar-refractivity contribution in [1.29, 1.82) is 0 Å². The van der Waals surface area contributed by atoms with E-state index in [2.05, 4.69) is 0 Å². The second-order valence-electron chi connectivity index (χ2n) is 7.10. The molecule has 0 bridgehead atoms. The molecule has 134 valence electrons. The maximum Gasteiger partial charge on any atom is 0.171 e. The molecule has 0 heterocycles. The molecule has 1 aromatic carbocycles. The molecule has 1 fully saturated rings. The summed E-state index contributed by atoms with van der Waals surface area (Å²) >= 11 is 12.4. The van der Waals surface area contributed by atoms with Gasteiger partial charge in [-0.05, 0) is 36.3 Å². The number of Topliss-reactive ketones (excluding diaryl/α,β-unsaturated/α-hetero) is 1. The van der Waals surface area contributed by atoms with Gasteiger partial charge >= 0.3 is 0 Å². The van der Waals surface area contributed by atoms with Crippen LogP contribution in [0.15, 0.2) is 6.07 Å². The predicted molar refractivity (Wildman–Crippen MR) is 87.3 cm³/mol. The van der Waals surface area contributed by atoms with Crippen LogP contribution in [-0.2, 0) is 16.0 Å². The van der Waals surface area contributed by atoms with E-state index in [0.717, 1.165) is 25.7 Å². The second kappa shape index (κ2) is 6.29. The van der Waals surface area contributed by atoms with E-state index in [1.165, 1.54) is 6.07 Å². The van der Waals surface area contributed by atoms with Crippen molar-refractivity contribution in [3.63, 3.8) is 0 Å². The molecule has 0 saturated heterocycles. The standard InChI is InChI=1S/C18H18Cl2O5/c1-18(9-4-2-3-5-9)7-8-6-10(12(16(22)23)17(24)25)13(19)14(20)11(8)15(18)21/h6,9,12H,2-5,7H2,1H3,(H,22,23)(H,24,25)/p-2. The lowest BCUT2D eigenvalue weighted by molar-refractivity contribution is -0.326. The van der Waals surface area contributed by atoms with Crippen molar-refractivity contribution in [1.82, 2.24) is 0 Å². The number of ketones is 1. The zero-order valence-corrected chi connectivity index (χ0v) is 15.1. The Hall–Kier alpha value is -1.59. The van der Waals surface area contributed by atoms with Crippen LogP contribution in [0.5, 0.6) is 0 Å². The van der Waals surface area contributed by atoms with Crippen LogP contribution in [0.25, 0.3) is 0 Å². The number of aliphatic carboxylic acids is 2. The van der Waals surface area contributed by atoms with Crippen molar-refractivity contribution in [3.8, 4) is 0 Å². The van der Waals surface area contributed by atoms with Crippen LogP contribution >= 0.6 is 23.2 Å². The van der Waals surface area contributed by atoms with Crippen LogP contribution in [0.4, 0.5) is 0 Å². The number of carboxylic acids is 2. The number of carbonyl (C=O) groups excluding carboxylic acids is 3. The van der Waals surface area contributed by atoms with E-state index in [1.54, 1.807) is 0 Å². The lowest BCUT2D eigenvalue weighted by Gasteiger charge is -2.29. The van der Waals surface area contributed by atoms with Gasteiger partial charge in [0.15, 0.2) is 5.78 Å². The predicted octanol–water partition coefficient (Wildman–Crippen LogP) is 1.51. The highest BCUT2D eigenvalue weighted by Gasteiger charge is 2.49. The molecule has 2 aliphatic carbocycles. The zero-order valence-electron chi connectivity index (χ0n) is 13.6. The maximum atomic E-state index is 13.0. The topological polar surface area (TPSA) is 97.3 Å². The molecular weight excluding hydrogens is 367 g/mol. The molecule has 0 aromatic heterocycles. The van der Waals surface area contributed by atoms with E-state index in [9.17, 15) is 24.6 Å². The molecule has 1 aromatic rings. The van der Waals surface area contributed by atoms with Gasteiger partial charge < -0.3 is 19.8 Å². The zero-order chi connectivity index (χ0) is 18.5. The number of hydrogen-bond donors (Lipinski definition) is 0. The highest BCUT2D eigenvalue weighted by molar-refractivity contribution is 6.45. The van der Waals surface area contributed by atoms with Crippen LogP contribution in [-0.4, -0.2) is 17.7 Å². The second-order valence-corrected chi connectivity index (χ2v) is 7.86. The molecule has 1 saturated carbocycles. The van der Waals surface area contributed by atoms with Crippen molar-refractivity contribution < 1.29 is 24.6 Å². The number of carbonyl (C=O) groups is 3. The Bertz CT molecular complexity index is 768. The highest BCUT2D eigenvalue weighted by Crippen LogP contribution is 2.51. The number of hydrogen-bond acceptors (Lipinski definition) is 5. The van der Waals surface area contributed by atoms with Gasteiger partial charge in [0.25, 0.3) is 0 Å². The third kappa shape index (κ3) is 2.74. The first-order chi connectivity index (χ1) is 11.7. The fraction of sp³-hybridized carbons (Fsp3) is 0.500. The third-order valence-electron chi connectivity index (χ3n) is 5.66. The molecule has 0 radical (unpaired) electrons. The third-order valence-corrected chi connectivity index (χ3v) is 6.54. The highest BCUT2D eigenvalue weighted by atomic mass is 35.5. The number of halogens is 2. The SMILES string of the molecule is CC1(C2CCCC2)Cc2cc(C(C(=O)[O-])C(=O)[O-])c(Cl)c(Cl)c2C1=O. The van der Waals surface area contributed by atoms with E-state index in [0.29, 0.717) is 12.0 Å². The minimum atomic E-state index is -2.04. The van der Waals surface area contributed by atoms with Crippen molar-refractivity contribution in [3.05, 3.63) is 32.8 Å². The summed E-state index contributed by atoms with van der Waals surface area (Å²) in [4.78, 5) is 35.4. The van der Waals surface area contributed by atoms with Crippen LogP contribution in [0, 0.1) is 11.3 Å². The molecule has 1 atom stereocenters. The van der Waals surface area contributed by atoms with Crippen molar-refractivity contribution >= 4 is 40.9 Å². The van der Waals surface area contributed by atoms with Gasteiger partial charge in [-0.15, -0.1) is 0 Å². The largest absolute Gasteiger partial charge is 0.549 e. The minimum absolute atomic E-state index is 0.0895. The summed E-state index contributed by atoms with van der Waals surface area (Å²) in [5.74, 6) is -5.58. The monoisotopic (exact) mass is 382 g/mol. The Balaban J connectivity index is 2.12. The Morgan fingerprint density at radius 3 is 2.24 bits per heavy atom. The molecule has 5 nitrogen and oxygen atoms in total. The molecule has 1 unspecified atom stereocenters. The smallest absolute Gasteiger partial charge is 0.171 e. The first kappa shape index (κ1) is 18.2. The van der Waals surface area contributed by atoms with E-state index in [-0.39, 0.29) is 32.9 Å². The molecule has 0 amide bonds. The van der Waals surface area contributed by atoms with Crippen molar-refractivity contribution in [2.24, 2.45) is 11.3 Å². The molecular formula is C18H16Cl2O5-2. The number of fused-ring (bicyclic) bond motifs is 1. The van der Waals surface area contributed by atoms with Gasteiger partial charge in [0.05, 0.1) is 27.9 Å². The Labute approximate surface area is 154 Å². The average molecular weight is 383 g/mol. The van der Waals surface area contributed by atoms with Crippen LogP contribution in [0.1, 0.15) is 60.0 Å². The van der Waals surface area contributed by atoms with Crippen LogP contribution in [0.2, 0.25) is 10.0 Å². The molecule has 3 rings (SSSR count). The van der Waals surface area contributed by atoms with Crippen LogP contribution in [0.3, 0.4) is 0 Å². The van der Waals surface area contributed by atoms with Gasteiger partial charge in [0, 0.05) is 11.0 Å². The van der Waals surface area contributed by atoms with Crippen molar-refractivity contribution in [2.75, 3.05) is 0 Å². The Morgan fingerprint density at radius 1 is 1.16 bits per heavy atom. The first-order valence-corrected chi connectivity index (χ1v) is 8.91. The summed E-state index contributed by atoms with van der Waals surface area (Å²) in [6.07, 6.45) is 4.44. The summed E-state index contributed by atoms with van der Waals surface area (Å²) in [6.45, 7) is 1.89. The lowest BCUT2D eigenvalue weighted by atomic mass is 9.73. The Morgan fingerprint density at radius 2 is 1.72 bits per heavy atom. The fourth-order valence-electron chi connectivity index (χ4n) is 4.30. The van der Waals surface area contributed by atoms with E-state index < -0.39 is 23.3 Å². The molecule has 25 heavy (non-hydrogen) atoms. The number of rotatable bonds is 4. The molecule has 7 heteroatoms. The van der Waals surface area contributed by atoms with Gasteiger partial charge in [0.1, 0.15) is 0 Å². The fourth-order valence-corrected chi connectivity index (χ4v) is 4.87. The van der Waals surface area contributed by atoms with E-state index >= 15 is 0 Å². The lowest BCUT2D eigenvalue weighted by Crippen LogP contribution is -2.41. The van der Waals surface area contributed by atoms with Gasteiger partial charge in [-0.25, -0.2) is 0 Å². The summed E-state index contributed by atoms with van der Waals surface area (Å²) < 4.78 is 0. The first-order valence-electron chi connectivity index (χ1n) is 8.15. The van der Waals surface area contributed by atoms with Crippen LogP contribution < -0.4 is 10.2 Å². The number of benzene rings is 1. The molecule has 0 aliphatic heterocycles. The summed E-state index contributed by atoms with van der Waals surface area (Å²) in [5, 5.41) is 22.1. The quantitative estimate of drug-likeness (QED) is 0.735. The van der Waals surface area contributed by atoms with E-state index in [4.69, 9.17) is 23.2 Å². The van der Waals surface area contributed by atoms with Gasteiger partial charge in [-0.2, -0.15) is 0 Å². The summed E-state index contributed by atoms with van der Waals surface area (Å²) in [6, 6.07) is 1.36. The summed E-state index contributed by atoms with van der Waals surface area (Å²) in [5.41, 5.74) is -0.00599. The molecule has 0 spiro atoms. The normalized spacial score (nSPS) is 23.3. The maximum absolute atomic E-state index is 13.0. The Kier molecular flexibility index (Phi) is 4.58.